The molecule has 2 aliphatic rings. The van der Waals surface area contributed by atoms with Crippen molar-refractivity contribution < 1.29 is 4.79 Å². The molecule has 0 saturated carbocycles. The van der Waals surface area contributed by atoms with Crippen LogP contribution in [0.2, 0.25) is 0 Å². The van der Waals surface area contributed by atoms with E-state index in [1.54, 1.807) is 11.8 Å². The van der Waals surface area contributed by atoms with Gasteiger partial charge in [0.25, 0.3) is 5.91 Å². The Hall–Kier alpha value is -2.53. The van der Waals surface area contributed by atoms with Crippen LogP contribution < -0.4 is 5.01 Å². The highest BCUT2D eigenvalue weighted by molar-refractivity contribution is 8.02. The number of thioether (sulfide) groups is 1. The standard InChI is InChI=1S/C20H19N3OS/c1-14-8-10-15(11-9-14)18-17(20(25-2)22-12-13-22)19(24)23(21-18)16-6-4-3-5-7-16/h3-11H,12-13H2,1-2H3. The predicted octanol–water partition coefficient (Wildman–Crippen LogP) is 3.64. The van der Waals surface area contributed by atoms with E-state index in [2.05, 4.69) is 24.0 Å². The minimum absolute atomic E-state index is 0.0574. The first-order valence-electron chi connectivity index (χ1n) is 8.28. The maximum atomic E-state index is 13.2. The van der Waals surface area contributed by atoms with Gasteiger partial charge in [0.1, 0.15) is 5.71 Å². The molecule has 4 rings (SSSR count). The number of amides is 1. The quantitative estimate of drug-likeness (QED) is 0.624. The van der Waals surface area contributed by atoms with Crippen molar-refractivity contribution in [1.29, 1.82) is 0 Å². The molecule has 0 spiro atoms. The second-order valence-corrected chi connectivity index (χ2v) is 6.93. The molecule has 2 aromatic carbocycles. The average Bonchev–Trinajstić information content (AvgIpc) is 3.42. The van der Waals surface area contributed by atoms with Crippen molar-refractivity contribution in [2.75, 3.05) is 24.4 Å². The Balaban J connectivity index is 1.86. The molecule has 1 saturated heterocycles. The van der Waals surface area contributed by atoms with E-state index < -0.39 is 0 Å². The van der Waals surface area contributed by atoms with Crippen LogP contribution in [0.15, 0.2) is 70.3 Å². The number of benzene rings is 2. The molecule has 0 atom stereocenters. The SMILES string of the molecule is CSC(=C1C(=O)N(c2ccccc2)N=C1c1ccc(C)cc1)N1CC1. The molecule has 126 valence electrons. The van der Waals surface area contributed by atoms with Crippen LogP contribution in [-0.2, 0) is 4.79 Å². The van der Waals surface area contributed by atoms with Gasteiger partial charge in [-0.2, -0.15) is 10.1 Å². The van der Waals surface area contributed by atoms with Gasteiger partial charge < -0.3 is 4.90 Å². The van der Waals surface area contributed by atoms with Gasteiger partial charge >= 0.3 is 0 Å². The molecule has 0 aliphatic carbocycles. The monoisotopic (exact) mass is 349 g/mol. The Morgan fingerprint density at radius 1 is 1.04 bits per heavy atom. The molecular weight excluding hydrogens is 330 g/mol. The van der Waals surface area contributed by atoms with Gasteiger partial charge in [0.05, 0.1) is 16.3 Å². The number of aryl methyl sites for hydroxylation is 1. The number of hydrogen-bond acceptors (Lipinski definition) is 4. The van der Waals surface area contributed by atoms with E-state index in [9.17, 15) is 4.79 Å². The normalized spacial score (nSPS) is 18.5. The molecule has 25 heavy (non-hydrogen) atoms. The van der Waals surface area contributed by atoms with Gasteiger partial charge in [0.2, 0.25) is 0 Å². The topological polar surface area (TPSA) is 35.7 Å². The third-order valence-electron chi connectivity index (χ3n) is 4.31. The summed E-state index contributed by atoms with van der Waals surface area (Å²) in [6.07, 6.45) is 2.02. The zero-order chi connectivity index (χ0) is 17.4. The Labute approximate surface area is 151 Å². The Morgan fingerprint density at radius 2 is 1.72 bits per heavy atom. The highest BCUT2D eigenvalue weighted by Gasteiger charge is 2.37. The molecule has 0 aromatic heterocycles. The lowest BCUT2D eigenvalue weighted by Gasteiger charge is -2.13. The Morgan fingerprint density at radius 3 is 2.32 bits per heavy atom. The van der Waals surface area contributed by atoms with Crippen LogP contribution in [0.3, 0.4) is 0 Å². The van der Waals surface area contributed by atoms with Crippen molar-refractivity contribution in [2.45, 2.75) is 6.92 Å². The van der Waals surface area contributed by atoms with E-state index in [-0.39, 0.29) is 5.91 Å². The van der Waals surface area contributed by atoms with Gasteiger partial charge in [-0.3, -0.25) is 4.79 Å². The van der Waals surface area contributed by atoms with Crippen LogP contribution in [0.4, 0.5) is 5.69 Å². The Kier molecular flexibility index (Phi) is 4.09. The van der Waals surface area contributed by atoms with E-state index in [0.717, 1.165) is 35.1 Å². The highest BCUT2D eigenvalue weighted by Crippen LogP contribution is 2.35. The third kappa shape index (κ3) is 2.96. The van der Waals surface area contributed by atoms with Gasteiger partial charge in [0.15, 0.2) is 0 Å². The molecular formula is C20H19N3OS. The van der Waals surface area contributed by atoms with E-state index in [0.29, 0.717) is 5.57 Å². The molecule has 0 bridgehead atoms. The fourth-order valence-corrected chi connectivity index (χ4v) is 3.72. The minimum atomic E-state index is -0.0574. The van der Waals surface area contributed by atoms with Gasteiger partial charge in [-0.25, -0.2) is 0 Å². The maximum absolute atomic E-state index is 13.2. The van der Waals surface area contributed by atoms with Crippen LogP contribution in [0.5, 0.6) is 0 Å². The molecule has 2 heterocycles. The average molecular weight is 349 g/mol. The number of anilines is 1. The first-order chi connectivity index (χ1) is 12.2. The lowest BCUT2D eigenvalue weighted by molar-refractivity contribution is -0.114. The largest absolute Gasteiger partial charge is 0.362 e. The van der Waals surface area contributed by atoms with Gasteiger partial charge in [-0.1, -0.05) is 48.0 Å². The van der Waals surface area contributed by atoms with Crippen LogP contribution >= 0.6 is 11.8 Å². The minimum Gasteiger partial charge on any atom is -0.362 e. The number of carbonyl (C=O) groups is 1. The summed E-state index contributed by atoms with van der Waals surface area (Å²) in [5, 5.41) is 7.24. The number of hydrazone groups is 1. The van der Waals surface area contributed by atoms with Gasteiger partial charge in [0, 0.05) is 18.7 Å². The van der Waals surface area contributed by atoms with E-state index in [1.165, 1.54) is 10.6 Å². The van der Waals surface area contributed by atoms with Crippen LogP contribution in [0, 0.1) is 6.92 Å². The summed E-state index contributed by atoms with van der Waals surface area (Å²) in [4.78, 5) is 15.4. The van der Waals surface area contributed by atoms with E-state index >= 15 is 0 Å². The van der Waals surface area contributed by atoms with E-state index in [1.807, 2.05) is 48.7 Å². The zero-order valence-electron chi connectivity index (χ0n) is 14.3. The number of rotatable bonds is 4. The van der Waals surface area contributed by atoms with Crippen LogP contribution in [-0.4, -0.2) is 35.9 Å². The first-order valence-corrected chi connectivity index (χ1v) is 9.50. The number of hydrogen-bond donors (Lipinski definition) is 0. The molecule has 2 aliphatic heterocycles. The van der Waals surface area contributed by atoms with Gasteiger partial charge in [-0.05, 0) is 25.3 Å². The zero-order valence-corrected chi connectivity index (χ0v) is 15.1. The van der Waals surface area contributed by atoms with Crippen molar-refractivity contribution in [3.63, 3.8) is 0 Å². The molecule has 2 aromatic rings. The maximum Gasteiger partial charge on any atom is 0.283 e. The summed E-state index contributed by atoms with van der Waals surface area (Å²) in [7, 11) is 0. The smallest absolute Gasteiger partial charge is 0.283 e. The fraction of sp³-hybridized carbons (Fsp3) is 0.200. The van der Waals surface area contributed by atoms with Crippen molar-refractivity contribution in [3.05, 3.63) is 76.3 Å². The first kappa shape index (κ1) is 16.0. The third-order valence-corrected chi connectivity index (χ3v) is 5.16. The second kappa shape index (κ2) is 6.41. The number of nitrogens with zero attached hydrogens (tertiary/aromatic N) is 3. The summed E-state index contributed by atoms with van der Waals surface area (Å²) >= 11 is 1.62. The summed E-state index contributed by atoms with van der Waals surface area (Å²) in [5.41, 5.74) is 4.41. The number of carbonyl (C=O) groups excluding carboxylic acids is 1. The number of para-hydroxylation sites is 1. The highest BCUT2D eigenvalue weighted by atomic mass is 32.2. The molecule has 0 N–H and O–H groups in total. The molecule has 4 nitrogen and oxygen atoms in total. The summed E-state index contributed by atoms with van der Waals surface area (Å²) in [5.74, 6) is -0.0574. The van der Waals surface area contributed by atoms with Gasteiger partial charge in [-0.15, -0.1) is 11.8 Å². The van der Waals surface area contributed by atoms with Crippen molar-refractivity contribution in [2.24, 2.45) is 5.10 Å². The molecule has 1 amide bonds. The van der Waals surface area contributed by atoms with Crippen molar-refractivity contribution in [3.8, 4) is 0 Å². The van der Waals surface area contributed by atoms with Crippen molar-refractivity contribution in [1.82, 2.24) is 4.90 Å². The fourth-order valence-electron chi connectivity index (χ4n) is 2.90. The molecule has 0 unspecified atom stereocenters. The lowest BCUT2D eigenvalue weighted by atomic mass is 10.0. The molecule has 5 heteroatoms. The van der Waals surface area contributed by atoms with Crippen LogP contribution in [0.1, 0.15) is 11.1 Å². The predicted molar refractivity (Wildman–Crippen MR) is 104 cm³/mol. The summed E-state index contributed by atoms with van der Waals surface area (Å²) < 4.78 is 0. The lowest BCUT2D eigenvalue weighted by Crippen LogP contribution is -2.23. The second-order valence-electron chi connectivity index (χ2n) is 6.14. The van der Waals surface area contributed by atoms with Crippen molar-refractivity contribution >= 4 is 29.1 Å². The summed E-state index contributed by atoms with van der Waals surface area (Å²) in [6, 6.07) is 17.8. The van der Waals surface area contributed by atoms with E-state index in [4.69, 9.17) is 5.10 Å². The van der Waals surface area contributed by atoms with Crippen LogP contribution in [0.25, 0.3) is 0 Å². The molecule has 0 radical (unpaired) electrons. The molecule has 1 fully saturated rings. The Bertz CT molecular complexity index is 868. The summed E-state index contributed by atoms with van der Waals surface area (Å²) in [6.45, 7) is 4.06.